The van der Waals surface area contributed by atoms with Gasteiger partial charge >= 0.3 is 6.03 Å². The number of nitrogen functional groups attached to an aromatic ring is 1. The van der Waals surface area contributed by atoms with Gasteiger partial charge in [-0.1, -0.05) is 12.1 Å². The number of nitrogens with one attached hydrogen (secondary N) is 4. The summed E-state index contributed by atoms with van der Waals surface area (Å²) in [6.07, 6.45) is 1.42. The first kappa shape index (κ1) is 25.0. The second-order valence-corrected chi connectivity index (χ2v) is 7.69. The number of benzene rings is 1. The number of amides is 3. The Morgan fingerprint density at radius 3 is 2.51 bits per heavy atom. The van der Waals surface area contributed by atoms with E-state index < -0.39 is 17.5 Å². The third-order valence-corrected chi connectivity index (χ3v) is 5.06. The van der Waals surface area contributed by atoms with E-state index in [0.29, 0.717) is 22.8 Å². The van der Waals surface area contributed by atoms with Crippen LogP contribution >= 0.6 is 0 Å². The molecule has 0 bridgehead atoms. The fourth-order valence-corrected chi connectivity index (χ4v) is 3.08. The van der Waals surface area contributed by atoms with Crippen LogP contribution in [0.15, 0.2) is 47.4 Å². The first-order valence-corrected chi connectivity index (χ1v) is 10.7. The molecule has 3 rings (SSSR count). The lowest BCUT2D eigenvalue weighted by Gasteiger charge is -2.14. The van der Waals surface area contributed by atoms with Crippen LogP contribution in [0.2, 0.25) is 0 Å². The number of nitrogens with zero attached hydrogens (tertiary/aromatic N) is 3. The third-order valence-electron chi connectivity index (χ3n) is 5.06. The molecule has 0 saturated heterocycles. The highest BCUT2D eigenvalue weighted by molar-refractivity contribution is 5.76. The van der Waals surface area contributed by atoms with E-state index in [1.165, 1.54) is 10.8 Å². The fraction of sp³-hybridized carbons (Fsp3) is 0.261. The van der Waals surface area contributed by atoms with Crippen molar-refractivity contribution in [2.45, 2.75) is 33.5 Å². The van der Waals surface area contributed by atoms with Crippen molar-refractivity contribution < 1.29 is 14.3 Å². The Morgan fingerprint density at radius 2 is 1.80 bits per heavy atom. The van der Waals surface area contributed by atoms with E-state index in [2.05, 4.69) is 31.5 Å². The first-order valence-electron chi connectivity index (χ1n) is 10.7. The van der Waals surface area contributed by atoms with Gasteiger partial charge in [-0.2, -0.15) is 0 Å². The summed E-state index contributed by atoms with van der Waals surface area (Å²) in [4.78, 5) is 45.7. The molecular weight excluding hydrogens is 452 g/mol. The van der Waals surface area contributed by atoms with Gasteiger partial charge in [0, 0.05) is 24.1 Å². The molecule has 0 atom stereocenters. The van der Waals surface area contributed by atoms with E-state index in [0.717, 1.165) is 11.3 Å². The molecule has 0 radical (unpaired) electrons. The van der Waals surface area contributed by atoms with Crippen LogP contribution in [0.4, 0.5) is 16.3 Å². The van der Waals surface area contributed by atoms with Crippen LogP contribution in [-0.4, -0.2) is 33.6 Å². The number of carbonyl (C=O) groups is 2. The van der Waals surface area contributed by atoms with Crippen LogP contribution in [-0.2, 0) is 24.4 Å². The van der Waals surface area contributed by atoms with Crippen LogP contribution in [0.25, 0.3) is 0 Å². The summed E-state index contributed by atoms with van der Waals surface area (Å²) < 4.78 is 6.34. The summed E-state index contributed by atoms with van der Waals surface area (Å²) in [6.45, 7) is 3.64. The Morgan fingerprint density at radius 1 is 1.06 bits per heavy atom. The largest absolute Gasteiger partial charge is 0.497 e. The number of hydrazine groups is 1. The second kappa shape index (κ2) is 11.5. The maximum atomic E-state index is 12.8. The Hall–Kier alpha value is -4.61. The van der Waals surface area contributed by atoms with Gasteiger partial charge in [0.05, 0.1) is 25.0 Å². The summed E-state index contributed by atoms with van der Waals surface area (Å²) >= 11 is 0. The number of hydrogen-bond acceptors (Lipinski definition) is 8. The molecule has 35 heavy (non-hydrogen) atoms. The van der Waals surface area contributed by atoms with Crippen molar-refractivity contribution in [2.24, 2.45) is 0 Å². The third kappa shape index (κ3) is 6.93. The van der Waals surface area contributed by atoms with Crippen LogP contribution < -0.4 is 37.5 Å². The second-order valence-electron chi connectivity index (χ2n) is 7.69. The first-order chi connectivity index (χ1) is 16.8. The zero-order chi connectivity index (χ0) is 25.4. The van der Waals surface area contributed by atoms with E-state index in [1.807, 2.05) is 19.1 Å². The van der Waals surface area contributed by atoms with E-state index in [-0.39, 0.29) is 25.5 Å². The summed E-state index contributed by atoms with van der Waals surface area (Å²) in [5.74, 6) is 0.180. The molecule has 184 valence electrons. The van der Waals surface area contributed by atoms with Gasteiger partial charge in [-0.25, -0.2) is 9.78 Å². The van der Waals surface area contributed by atoms with Crippen molar-refractivity contribution in [1.82, 2.24) is 30.6 Å². The predicted molar refractivity (Wildman–Crippen MR) is 130 cm³/mol. The summed E-state index contributed by atoms with van der Waals surface area (Å²) in [5, 5.41) is 5.36. The van der Waals surface area contributed by atoms with E-state index in [1.54, 1.807) is 38.3 Å². The van der Waals surface area contributed by atoms with Crippen molar-refractivity contribution in [3.63, 3.8) is 0 Å². The highest BCUT2D eigenvalue weighted by Gasteiger charge is 2.13. The minimum atomic E-state index is -0.566. The van der Waals surface area contributed by atoms with Crippen LogP contribution in [0.3, 0.4) is 0 Å². The number of methoxy groups -OCH3 is 1. The number of ether oxygens (including phenoxy) is 1. The van der Waals surface area contributed by atoms with Gasteiger partial charge in [-0.15, -0.1) is 0 Å². The molecule has 0 aliphatic rings. The van der Waals surface area contributed by atoms with Crippen LogP contribution in [0.1, 0.15) is 22.6 Å². The number of anilines is 2. The number of aryl methyl sites for hydroxylation is 2. The molecule has 12 nitrogen and oxygen atoms in total. The van der Waals surface area contributed by atoms with Gasteiger partial charge in [0.15, 0.2) is 0 Å². The number of aromatic nitrogens is 3. The molecule has 0 aliphatic heterocycles. The zero-order valence-electron chi connectivity index (χ0n) is 19.7. The molecule has 1 aromatic carbocycles. The average molecular weight is 481 g/mol. The summed E-state index contributed by atoms with van der Waals surface area (Å²) in [6, 6.07) is 10.2. The number of rotatable bonds is 9. The minimum Gasteiger partial charge on any atom is -0.497 e. The zero-order valence-corrected chi connectivity index (χ0v) is 19.7. The maximum absolute atomic E-state index is 12.8. The molecule has 0 aliphatic carbocycles. The maximum Gasteiger partial charge on any atom is 0.333 e. The van der Waals surface area contributed by atoms with Crippen molar-refractivity contribution in [1.29, 1.82) is 0 Å². The van der Waals surface area contributed by atoms with Gasteiger partial charge in [-0.3, -0.25) is 30.0 Å². The highest BCUT2D eigenvalue weighted by Crippen LogP contribution is 2.11. The van der Waals surface area contributed by atoms with Crippen LogP contribution in [0.5, 0.6) is 5.75 Å². The monoisotopic (exact) mass is 480 g/mol. The number of urea groups is 1. The van der Waals surface area contributed by atoms with Gasteiger partial charge in [0.25, 0.3) is 5.56 Å². The summed E-state index contributed by atoms with van der Waals surface area (Å²) in [7, 11) is 1.57. The van der Waals surface area contributed by atoms with Crippen molar-refractivity contribution in [3.8, 4) is 5.75 Å². The van der Waals surface area contributed by atoms with Gasteiger partial charge in [-0.05, 0) is 43.7 Å². The number of nitrogens with two attached hydrogens (primary N) is 1. The number of hydrogen-bond donors (Lipinski definition) is 5. The predicted octanol–water partition coefficient (Wildman–Crippen LogP) is 0.989. The molecule has 0 spiro atoms. The SMILES string of the molecule is COc1ccc(CNC(=O)NNc2ncc(C)n(CC(=O)NCc3nc(C)ccc3N)c2=O)cc1. The normalized spacial score (nSPS) is 10.4. The molecule has 0 saturated carbocycles. The lowest BCUT2D eigenvalue weighted by atomic mass is 10.2. The molecule has 12 heteroatoms. The molecule has 0 unspecified atom stereocenters. The van der Waals surface area contributed by atoms with Gasteiger partial charge in [0.2, 0.25) is 11.7 Å². The Kier molecular flexibility index (Phi) is 8.22. The van der Waals surface area contributed by atoms with Crippen molar-refractivity contribution >= 4 is 23.4 Å². The molecule has 0 fully saturated rings. The quantitative estimate of drug-likeness (QED) is 0.283. The topological polar surface area (TPSA) is 165 Å². The van der Waals surface area contributed by atoms with Gasteiger partial charge < -0.3 is 21.1 Å². The minimum absolute atomic E-state index is 0.131. The van der Waals surface area contributed by atoms with Crippen LogP contribution in [0, 0.1) is 13.8 Å². The molecule has 3 amide bonds. The molecule has 2 aromatic heterocycles. The lowest BCUT2D eigenvalue weighted by molar-refractivity contribution is -0.121. The Balaban J connectivity index is 1.55. The fourth-order valence-electron chi connectivity index (χ4n) is 3.08. The standard InChI is InChI=1S/C23H28N8O4/c1-14-4-9-18(24)19(28-14)12-25-20(32)13-31-15(2)10-26-21(22(31)33)29-30-23(34)27-11-16-5-7-17(35-3)8-6-16/h4-10H,11-13,24H2,1-3H3,(H,25,32)(H,26,29)(H2,27,30,34). The summed E-state index contributed by atoms with van der Waals surface area (Å²) in [5.41, 5.74) is 13.3. The van der Waals surface area contributed by atoms with E-state index in [4.69, 9.17) is 10.5 Å². The smallest absolute Gasteiger partial charge is 0.333 e. The highest BCUT2D eigenvalue weighted by atomic mass is 16.5. The lowest BCUT2D eigenvalue weighted by Crippen LogP contribution is -2.41. The Labute approximate surface area is 201 Å². The van der Waals surface area contributed by atoms with Crippen molar-refractivity contribution in [2.75, 3.05) is 18.3 Å². The molecule has 2 heterocycles. The number of pyridine rings is 1. The van der Waals surface area contributed by atoms with Gasteiger partial charge in [0.1, 0.15) is 12.3 Å². The Bertz CT molecular complexity index is 1260. The molecule has 6 N–H and O–H groups in total. The molecular formula is C23H28N8O4. The van der Waals surface area contributed by atoms with E-state index in [9.17, 15) is 14.4 Å². The molecule has 3 aromatic rings. The van der Waals surface area contributed by atoms with E-state index >= 15 is 0 Å². The van der Waals surface area contributed by atoms with Crippen molar-refractivity contribution in [3.05, 3.63) is 75.6 Å². The number of carbonyl (C=O) groups excluding carboxylic acids is 2. The average Bonchev–Trinajstić information content (AvgIpc) is 2.85.